The monoisotopic (exact) mass is 373 g/mol. The molecule has 0 atom stereocenters. The van der Waals surface area contributed by atoms with E-state index in [-0.39, 0.29) is 5.56 Å². The first-order chi connectivity index (χ1) is 12.0. The van der Waals surface area contributed by atoms with Gasteiger partial charge in [-0.1, -0.05) is 59.1 Å². The second-order valence-electron chi connectivity index (χ2n) is 5.84. The molecule has 1 aromatic heterocycles. The number of ether oxygens (including phenoxy) is 1. The third-order valence-corrected chi connectivity index (χ3v) is 4.44. The first kappa shape index (κ1) is 17.6. The number of halogens is 2. The number of hydrogen-bond acceptors (Lipinski definition) is 2. The molecule has 0 amide bonds. The van der Waals surface area contributed by atoms with E-state index < -0.39 is 0 Å². The second kappa shape index (κ2) is 7.77. The summed E-state index contributed by atoms with van der Waals surface area (Å²) in [7, 11) is 0. The molecule has 25 heavy (non-hydrogen) atoms. The molecule has 0 N–H and O–H groups in total. The van der Waals surface area contributed by atoms with Crippen molar-refractivity contribution in [1.29, 1.82) is 0 Å². The van der Waals surface area contributed by atoms with Gasteiger partial charge in [0.25, 0.3) is 5.56 Å². The van der Waals surface area contributed by atoms with Crippen LogP contribution >= 0.6 is 23.2 Å². The van der Waals surface area contributed by atoms with Crippen LogP contribution in [-0.2, 0) is 13.2 Å². The molecule has 3 rings (SSSR count). The van der Waals surface area contributed by atoms with Gasteiger partial charge in [-0.15, -0.1) is 0 Å². The van der Waals surface area contributed by atoms with Gasteiger partial charge in [-0.25, -0.2) is 0 Å². The number of rotatable bonds is 5. The lowest BCUT2D eigenvalue weighted by Gasteiger charge is -2.10. The lowest BCUT2D eigenvalue weighted by atomic mass is 10.2. The van der Waals surface area contributed by atoms with Crippen molar-refractivity contribution in [2.75, 3.05) is 0 Å². The lowest BCUT2D eigenvalue weighted by molar-refractivity contribution is 0.305. The Hall–Kier alpha value is -2.23. The van der Waals surface area contributed by atoms with Gasteiger partial charge in [0.1, 0.15) is 12.4 Å². The SMILES string of the molecule is Cc1ccc(COc2ccn(Cc3ccc(Cl)cc3Cl)c(=O)c2)cc1. The number of nitrogens with zero attached hydrogens (tertiary/aromatic N) is 1. The highest BCUT2D eigenvalue weighted by molar-refractivity contribution is 6.35. The molecule has 0 aliphatic rings. The van der Waals surface area contributed by atoms with E-state index in [1.165, 1.54) is 11.6 Å². The number of pyridine rings is 1. The van der Waals surface area contributed by atoms with Crippen molar-refractivity contribution in [1.82, 2.24) is 4.57 Å². The summed E-state index contributed by atoms with van der Waals surface area (Å²) in [6.45, 7) is 2.84. The van der Waals surface area contributed by atoms with E-state index in [0.29, 0.717) is 28.9 Å². The number of hydrogen-bond donors (Lipinski definition) is 0. The highest BCUT2D eigenvalue weighted by atomic mass is 35.5. The third kappa shape index (κ3) is 4.65. The average molecular weight is 374 g/mol. The molecular formula is C20H17Cl2NO2. The van der Waals surface area contributed by atoms with E-state index in [2.05, 4.69) is 0 Å². The van der Waals surface area contributed by atoms with Gasteiger partial charge in [-0.2, -0.15) is 0 Å². The quantitative estimate of drug-likeness (QED) is 0.623. The van der Waals surface area contributed by atoms with Crippen LogP contribution in [0.25, 0.3) is 0 Å². The number of aryl methyl sites for hydroxylation is 1. The molecule has 0 bridgehead atoms. The first-order valence-corrected chi connectivity index (χ1v) is 8.59. The van der Waals surface area contributed by atoms with Crippen LogP contribution in [0.15, 0.2) is 65.6 Å². The summed E-state index contributed by atoms with van der Waals surface area (Å²) in [5.41, 5.74) is 2.95. The van der Waals surface area contributed by atoms with Crippen LogP contribution in [0.1, 0.15) is 16.7 Å². The van der Waals surface area contributed by atoms with Gasteiger partial charge >= 0.3 is 0 Å². The summed E-state index contributed by atoms with van der Waals surface area (Å²) < 4.78 is 7.28. The van der Waals surface area contributed by atoms with Crippen LogP contribution in [0.4, 0.5) is 0 Å². The Morgan fingerprint density at radius 1 is 1.00 bits per heavy atom. The van der Waals surface area contributed by atoms with Crippen molar-refractivity contribution < 1.29 is 4.74 Å². The Kier molecular flexibility index (Phi) is 5.47. The second-order valence-corrected chi connectivity index (χ2v) is 6.68. The molecule has 0 fully saturated rings. The van der Waals surface area contributed by atoms with Crippen LogP contribution in [0.5, 0.6) is 5.75 Å². The molecule has 0 aliphatic carbocycles. The predicted octanol–water partition coefficient (Wildman–Crippen LogP) is 5.09. The smallest absolute Gasteiger partial charge is 0.254 e. The Labute approximate surface area is 156 Å². The zero-order valence-electron chi connectivity index (χ0n) is 13.7. The van der Waals surface area contributed by atoms with E-state index in [9.17, 15) is 4.79 Å². The van der Waals surface area contributed by atoms with Crippen molar-refractivity contribution >= 4 is 23.2 Å². The van der Waals surface area contributed by atoms with Gasteiger partial charge in [-0.3, -0.25) is 4.79 Å². The Balaban J connectivity index is 1.70. The van der Waals surface area contributed by atoms with E-state index in [0.717, 1.165) is 11.1 Å². The van der Waals surface area contributed by atoms with Crippen molar-refractivity contribution in [3.63, 3.8) is 0 Å². The van der Waals surface area contributed by atoms with E-state index in [4.69, 9.17) is 27.9 Å². The molecule has 0 saturated carbocycles. The fourth-order valence-electron chi connectivity index (χ4n) is 2.39. The maximum atomic E-state index is 12.3. The minimum atomic E-state index is -0.146. The van der Waals surface area contributed by atoms with E-state index in [1.54, 1.807) is 29.0 Å². The molecule has 1 heterocycles. The topological polar surface area (TPSA) is 31.2 Å². The van der Waals surface area contributed by atoms with Gasteiger partial charge in [0.2, 0.25) is 0 Å². The van der Waals surface area contributed by atoms with Crippen LogP contribution < -0.4 is 10.3 Å². The van der Waals surface area contributed by atoms with Gasteiger partial charge in [0, 0.05) is 22.3 Å². The summed E-state index contributed by atoms with van der Waals surface area (Å²) in [5, 5.41) is 1.11. The molecule has 128 valence electrons. The Bertz CT molecular complexity index is 933. The molecule has 3 aromatic rings. The molecule has 0 spiro atoms. The minimum Gasteiger partial charge on any atom is -0.489 e. The summed E-state index contributed by atoms with van der Waals surface area (Å²) in [6.07, 6.45) is 1.71. The van der Waals surface area contributed by atoms with Crippen molar-refractivity contribution in [3.8, 4) is 5.75 Å². The zero-order chi connectivity index (χ0) is 17.8. The maximum Gasteiger partial charge on any atom is 0.254 e. The van der Waals surface area contributed by atoms with E-state index >= 15 is 0 Å². The van der Waals surface area contributed by atoms with Crippen LogP contribution in [0.3, 0.4) is 0 Å². The number of benzene rings is 2. The van der Waals surface area contributed by atoms with Crippen LogP contribution in [0, 0.1) is 6.92 Å². The largest absolute Gasteiger partial charge is 0.489 e. The third-order valence-electron chi connectivity index (χ3n) is 3.85. The summed E-state index contributed by atoms with van der Waals surface area (Å²) in [6, 6.07) is 16.6. The summed E-state index contributed by atoms with van der Waals surface area (Å²) in [4.78, 5) is 12.3. The molecule has 0 aliphatic heterocycles. The zero-order valence-corrected chi connectivity index (χ0v) is 15.2. The molecule has 0 unspecified atom stereocenters. The predicted molar refractivity (Wildman–Crippen MR) is 102 cm³/mol. The van der Waals surface area contributed by atoms with E-state index in [1.807, 2.05) is 37.3 Å². The summed E-state index contributed by atoms with van der Waals surface area (Å²) >= 11 is 12.1. The molecule has 5 heteroatoms. The highest BCUT2D eigenvalue weighted by Crippen LogP contribution is 2.21. The van der Waals surface area contributed by atoms with Gasteiger partial charge < -0.3 is 9.30 Å². The maximum absolute atomic E-state index is 12.3. The first-order valence-electron chi connectivity index (χ1n) is 7.84. The normalized spacial score (nSPS) is 10.7. The van der Waals surface area contributed by atoms with Gasteiger partial charge in [-0.05, 0) is 36.2 Å². The molecular weight excluding hydrogens is 357 g/mol. The molecule has 3 nitrogen and oxygen atoms in total. The highest BCUT2D eigenvalue weighted by Gasteiger charge is 2.05. The average Bonchev–Trinajstić information content (AvgIpc) is 2.58. The Morgan fingerprint density at radius 3 is 2.44 bits per heavy atom. The van der Waals surface area contributed by atoms with Crippen molar-refractivity contribution in [3.05, 3.63) is 97.9 Å². The Morgan fingerprint density at radius 2 is 1.76 bits per heavy atom. The summed E-state index contributed by atoms with van der Waals surface area (Å²) in [5.74, 6) is 0.545. The van der Waals surface area contributed by atoms with Crippen LogP contribution in [0.2, 0.25) is 10.0 Å². The standard InChI is InChI=1S/C20H17Cl2NO2/c1-14-2-4-15(5-3-14)13-25-18-8-9-23(20(24)11-18)12-16-6-7-17(21)10-19(16)22/h2-11H,12-13H2,1H3. The van der Waals surface area contributed by atoms with Crippen molar-refractivity contribution in [2.45, 2.75) is 20.1 Å². The molecule has 0 radical (unpaired) electrons. The van der Waals surface area contributed by atoms with Crippen molar-refractivity contribution in [2.24, 2.45) is 0 Å². The fourth-order valence-corrected chi connectivity index (χ4v) is 2.86. The lowest BCUT2D eigenvalue weighted by Crippen LogP contribution is -2.19. The number of aromatic nitrogens is 1. The van der Waals surface area contributed by atoms with Crippen LogP contribution in [-0.4, -0.2) is 4.57 Å². The molecule has 2 aromatic carbocycles. The molecule has 0 saturated heterocycles. The van der Waals surface area contributed by atoms with Gasteiger partial charge in [0.05, 0.1) is 6.54 Å². The minimum absolute atomic E-state index is 0.146. The fraction of sp³-hybridized carbons (Fsp3) is 0.150. The van der Waals surface area contributed by atoms with Gasteiger partial charge in [0.15, 0.2) is 0 Å².